The van der Waals surface area contributed by atoms with Crippen LogP contribution in [0.2, 0.25) is 5.02 Å². The molecule has 2 aromatic rings. The Morgan fingerprint density at radius 2 is 1.78 bits per heavy atom. The van der Waals surface area contributed by atoms with Gasteiger partial charge in [-0.3, -0.25) is 0 Å². The average molecular weight is 349 g/mol. The van der Waals surface area contributed by atoms with Crippen LogP contribution in [0.1, 0.15) is 31.2 Å². The molecule has 1 fully saturated rings. The van der Waals surface area contributed by atoms with E-state index in [0.717, 1.165) is 12.8 Å². The summed E-state index contributed by atoms with van der Waals surface area (Å²) in [6, 6.07) is 14.9. The highest BCUT2D eigenvalue weighted by molar-refractivity contribution is 7.80. The van der Waals surface area contributed by atoms with E-state index in [-0.39, 0.29) is 10.6 Å². The number of hydrogen-bond acceptors (Lipinski definition) is 1. The Labute approximate surface area is 146 Å². The maximum absolute atomic E-state index is 13.2. The molecule has 0 saturated heterocycles. The number of hydrogen-bond donors (Lipinski definition) is 2. The lowest BCUT2D eigenvalue weighted by molar-refractivity contribution is 0.408. The number of rotatable bonds is 3. The van der Waals surface area contributed by atoms with Crippen molar-refractivity contribution in [3.8, 4) is 0 Å². The van der Waals surface area contributed by atoms with Gasteiger partial charge in [0.25, 0.3) is 0 Å². The molecule has 2 nitrogen and oxygen atoms in total. The minimum absolute atomic E-state index is 0.0800. The van der Waals surface area contributed by atoms with E-state index < -0.39 is 5.82 Å². The first-order valence-electron chi connectivity index (χ1n) is 7.69. The highest BCUT2D eigenvalue weighted by atomic mass is 35.5. The third-order valence-electron chi connectivity index (χ3n) is 4.31. The largest absolute Gasteiger partial charge is 0.353 e. The summed E-state index contributed by atoms with van der Waals surface area (Å²) >= 11 is 11.3. The van der Waals surface area contributed by atoms with Gasteiger partial charge in [0.2, 0.25) is 0 Å². The fourth-order valence-corrected chi connectivity index (χ4v) is 3.67. The fourth-order valence-electron chi connectivity index (χ4n) is 3.18. The molecule has 0 atom stereocenters. The Bertz CT molecular complexity index is 699. The predicted molar refractivity (Wildman–Crippen MR) is 97.4 cm³/mol. The lowest BCUT2D eigenvalue weighted by atomic mass is 9.88. The smallest absolute Gasteiger partial charge is 0.171 e. The molecule has 0 spiro atoms. The maximum atomic E-state index is 13.2. The Balaban J connectivity index is 1.75. The molecular formula is C18H18ClFN2S. The Morgan fingerprint density at radius 1 is 1.09 bits per heavy atom. The molecule has 0 aliphatic heterocycles. The summed E-state index contributed by atoms with van der Waals surface area (Å²) in [4.78, 5) is 0. The fraction of sp³-hybridized carbons (Fsp3) is 0.278. The summed E-state index contributed by atoms with van der Waals surface area (Å²) in [6.45, 7) is 0. The minimum Gasteiger partial charge on any atom is -0.353 e. The average Bonchev–Trinajstić information content (AvgIpc) is 3.01. The van der Waals surface area contributed by atoms with Gasteiger partial charge in [-0.2, -0.15) is 0 Å². The van der Waals surface area contributed by atoms with Gasteiger partial charge in [0.1, 0.15) is 5.82 Å². The van der Waals surface area contributed by atoms with Crippen LogP contribution in [0.15, 0.2) is 48.5 Å². The van der Waals surface area contributed by atoms with E-state index in [1.165, 1.54) is 30.5 Å². The summed E-state index contributed by atoms with van der Waals surface area (Å²) in [7, 11) is 0. The van der Waals surface area contributed by atoms with Crippen molar-refractivity contribution in [2.45, 2.75) is 31.2 Å². The molecule has 1 aliphatic carbocycles. The van der Waals surface area contributed by atoms with Gasteiger partial charge in [-0.25, -0.2) is 4.39 Å². The molecule has 0 unspecified atom stereocenters. The van der Waals surface area contributed by atoms with E-state index in [2.05, 4.69) is 22.8 Å². The molecule has 5 heteroatoms. The number of nitrogens with one attached hydrogen (secondary N) is 2. The molecular weight excluding hydrogens is 331 g/mol. The first-order valence-corrected chi connectivity index (χ1v) is 8.47. The summed E-state index contributed by atoms with van der Waals surface area (Å²) in [5.74, 6) is -0.437. The topological polar surface area (TPSA) is 24.1 Å². The van der Waals surface area contributed by atoms with E-state index in [1.54, 1.807) is 6.07 Å². The van der Waals surface area contributed by atoms with Crippen molar-refractivity contribution >= 4 is 34.6 Å². The first kappa shape index (κ1) is 16.2. The van der Waals surface area contributed by atoms with E-state index >= 15 is 0 Å². The molecule has 0 amide bonds. The highest BCUT2D eigenvalue weighted by Crippen LogP contribution is 2.38. The van der Waals surface area contributed by atoms with Crippen LogP contribution in [0.5, 0.6) is 0 Å². The minimum atomic E-state index is -0.437. The molecule has 2 N–H and O–H groups in total. The summed E-state index contributed by atoms with van der Waals surface area (Å²) in [6.07, 6.45) is 4.44. The quantitative estimate of drug-likeness (QED) is 0.742. The zero-order chi connectivity index (χ0) is 16.3. The second-order valence-corrected chi connectivity index (χ2v) is 6.68. The molecule has 1 saturated carbocycles. The van der Waals surface area contributed by atoms with Gasteiger partial charge in [0.15, 0.2) is 5.11 Å². The normalized spacial score (nSPS) is 16.1. The lowest BCUT2D eigenvalue weighted by Crippen LogP contribution is -2.45. The van der Waals surface area contributed by atoms with E-state index in [9.17, 15) is 4.39 Å². The standard InChI is InChI=1S/C18H18ClFN2S/c19-15-12-14(8-9-16(15)20)21-17(23)22-18(10-4-5-11-18)13-6-2-1-3-7-13/h1-3,6-9,12H,4-5,10-11H2,(H2,21,22,23). The van der Waals surface area contributed by atoms with E-state index in [4.69, 9.17) is 23.8 Å². The molecule has 3 rings (SSSR count). The third kappa shape index (κ3) is 3.65. The van der Waals surface area contributed by atoms with Crippen LogP contribution >= 0.6 is 23.8 Å². The predicted octanol–water partition coefficient (Wildman–Crippen LogP) is 5.24. The zero-order valence-electron chi connectivity index (χ0n) is 12.6. The molecule has 2 aromatic carbocycles. The van der Waals surface area contributed by atoms with Crippen LogP contribution < -0.4 is 10.6 Å². The molecule has 120 valence electrons. The summed E-state index contributed by atoms with van der Waals surface area (Å²) < 4.78 is 13.2. The van der Waals surface area contributed by atoms with Gasteiger partial charge in [-0.15, -0.1) is 0 Å². The second-order valence-electron chi connectivity index (χ2n) is 5.86. The maximum Gasteiger partial charge on any atom is 0.171 e. The SMILES string of the molecule is Fc1ccc(NC(=S)NC2(c3ccccc3)CCCC2)cc1Cl. The van der Waals surface area contributed by atoms with Crippen molar-refractivity contribution < 1.29 is 4.39 Å². The van der Waals surface area contributed by atoms with Gasteiger partial charge < -0.3 is 10.6 Å². The second kappa shape index (κ2) is 6.85. The number of halogens is 2. The van der Waals surface area contributed by atoms with Crippen LogP contribution in [0.3, 0.4) is 0 Å². The van der Waals surface area contributed by atoms with E-state index in [0.29, 0.717) is 10.8 Å². The van der Waals surface area contributed by atoms with Crippen molar-refractivity contribution in [3.05, 3.63) is 64.9 Å². The van der Waals surface area contributed by atoms with Crippen LogP contribution in [0, 0.1) is 5.82 Å². The monoisotopic (exact) mass is 348 g/mol. The van der Waals surface area contributed by atoms with Crippen molar-refractivity contribution in [2.75, 3.05) is 5.32 Å². The van der Waals surface area contributed by atoms with Crippen LogP contribution in [0.25, 0.3) is 0 Å². The van der Waals surface area contributed by atoms with Crippen molar-refractivity contribution in [2.24, 2.45) is 0 Å². The van der Waals surface area contributed by atoms with Gasteiger partial charge >= 0.3 is 0 Å². The zero-order valence-corrected chi connectivity index (χ0v) is 14.2. The highest BCUT2D eigenvalue weighted by Gasteiger charge is 2.36. The Hall–Kier alpha value is -1.65. The number of thiocarbonyl (C=S) groups is 1. The van der Waals surface area contributed by atoms with Gasteiger partial charge in [0, 0.05) is 5.69 Å². The summed E-state index contributed by atoms with van der Waals surface area (Å²) in [5, 5.41) is 7.18. The Morgan fingerprint density at radius 3 is 2.43 bits per heavy atom. The van der Waals surface area contributed by atoms with Crippen LogP contribution in [0.4, 0.5) is 10.1 Å². The number of anilines is 1. The summed E-state index contributed by atoms with van der Waals surface area (Å²) in [5.41, 5.74) is 1.80. The molecule has 23 heavy (non-hydrogen) atoms. The van der Waals surface area contributed by atoms with Gasteiger partial charge in [-0.1, -0.05) is 54.8 Å². The third-order valence-corrected chi connectivity index (χ3v) is 4.81. The Kier molecular flexibility index (Phi) is 4.83. The van der Waals surface area contributed by atoms with Crippen molar-refractivity contribution in [3.63, 3.8) is 0 Å². The molecule has 0 radical (unpaired) electrons. The molecule has 0 bridgehead atoms. The molecule has 0 aromatic heterocycles. The van der Waals surface area contributed by atoms with Crippen LogP contribution in [-0.4, -0.2) is 5.11 Å². The van der Waals surface area contributed by atoms with Crippen molar-refractivity contribution in [1.29, 1.82) is 0 Å². The van der Waals surface area contributed by atoms with Gasteiger partial charge in [0.05, 0.1) is 10.6 Å². The first-order chi connectivity index (χ1) is 11.1. The molecule has 1 aliphatic rings. The van der Waals surface area contributed by atoms with E-state index in [1.807, 2.05) is 18.2 Å². The molecule has 0 heterocycles. The van der Waals surface area contributed by atoms with Crippen LogP contribution in [-0.2, 0) is 5.54 Å². The number of benzene rings is 2. The van der Waals surface area contributed by atoms with Gasteiger partial charge in [-0.05, 0) is 48.8 Å². The lowest BCUT2D eigenvalue weighted by Gasteiger charge is -2.32. The van der Waals surface area contributed by atoms with Crippen molar-refractivity contribution in [1.82, 2.24) is 5.32 Å².